The van der Waals surface area contributed by atoms with Crippen molar-refractivity contribution in [2.75, 3.05) is 95.9 Å². The quantitative estimate of drug-likeness (QED) is 0.00937. The Labute approximate surface area is 460 Å². The van der Waals surface area contributed by atoms with E-state index in [9.17, 15) is 29.2 Å². The van der Waals surface area contributed by atoms with Crippen LogP contribution in [0.2, 0.25) is 0 Å². The number of nitrogens with one attached hydrogen (secondary N) is 2. The van der Waals surface area contributed by atoms with Gasteiger partial charge >= 0.3 is 19.5 Å². The van der Waals surface area contributed by atoms with E-state index in [-0.39, 0.29) is 49.3 Å². The zero-order chi connectivity index (χ0) is 55.8. The normalized spacial score (nSPS) is 15.0. The number of phosphoric acid groups is 1. The van der Waals surface area contributed by atoms with Crippen LogP contribution < -0.4 is 25.0 Å². The number of nitro benzene ring substituents is 1. The van der Waals surface area contributed by atoms with Crippen LogP contribution in [-0.4, -0.2) is 123 Å². The molecule has 0 bridgehead atoms. The van der Waals surface area contributed by atoms with Gasteiger partial charge in [0.15, 0.2) is 17.0 Å². The maximum absolute atomic E-state index is 13.1. The monoisotopic (exact) mass is 1110 g/mol. The summed E-state index contributed by atoms with van der Waals surface area (Å²) in [5.41, 5.74) is 4.49. The number of rotatable bonds is 40. The summed E-state index contributed by atoms with van der Waals surface area (Å²) < 4.78 is 52.4. The Morgan fingerprint density at radius 3 is 2.15 bits per heavy atom. The van der Waals surface area contributed by atoms with Crippen LogP contribution in [-0.2, 0) is 27.9 Å². The second kappa shape index (κ2) is 31.8. The molecule has 1 aliphatic heterocycles. The van der Waals surface area contributed by atoms with Gasteiger partial charge in [0, 0.05) is 62.1 Å². The molecule has 3 atom stereocenters. The largest absolute Gasteiger partial charge is 0.494 e. The number of ether oxygens (including phenoxy) is 4. The third-order valence-corrected chi connectivity index (χ3v) is 15.0. The predicted octanol–water partition coefficient (Wildman–Crippen LogP) is 12.3. The molecule has 1 aliphatic carbocycles. The number of quaternary nitrogens is 1. The highest BCUT2D eigenvalue weighted by molar-refractivity contribution is 7.47. The van der Waals surface area contributed by atoms with Gasteiger partial charge in [0.2, 0.25) is 5.52 Å². The van der Waals surface area contributed by atoms with Crippen LogP contribution in [0.15, 0.2) is 65.0 Å². The Bertz CT molecular complexity index is 2600. The Morgan fingerprint density at radius 1 is 0.821 bits per heavy atom. The fourth-order valence-electron chi connectivity index (χ4n) is 9.51. The number of fused-ring (bicyclic) bond motifs is 5. The Morgan fingerprint density at radius 2 is 1.47 bits per heavy atom. The van der Waals surface area contributed by atoms with Crippen LogP contribution in [0, 0.1) is 10.1 Å². The maximum Gasteiger partial charge on any atom is 0.472 e. The van der Waals surface area contributed by atoms with E-state index in [0.717, 1.165) is 131 Å². The summed E-state index contributed by atoms with van der Waals surface area (Å²) in [6.45, 7) is 8.12. The SMILES string of the molecule is CCN(CC)c1ccc2c(c1)OC1=CC(=O)c3ccc(OCCCCCCCCCCCCOCC(COP(=O)(O)OCC[N+](C)(C)C)OC(=O)CCCCCCCCCCNc4ccc([N+](=O)[O-])c5nonc45)cc3C1N2. The second-order valence-corrected chi connectivity index (χ2v) is 22.7. The summed E-state index contributed by atoms with van der Waals surface area (Å²) in [5.74, 6) is 1.61. The molecule has 0 saturated carbocycles. The van der Waals surface area contributed by atoms with Gasteiger partial charge in [-0.05, 0) is 91.8 Å². The molecule has 6 rings (SSSR count). The van der Waals surface area contributed by atoms with E-state index in [1.54, 1.807) is 12.1 Å². The molecule has 3 aromatic carbocycles. The Hall–Kier alpha value is -5.63. The van der Waals surface area contributed by atoms with Crippen molar-refractivity contribution in [2.24, 2.45) is 0 Å². The number of non-ortho nitro benzene ring substituents is 1. The van der Waals surface area contributed by atoms with E-state index in [0.29, 0.717) is 59.7 Å². The van der Waals surface area contributed by atoms with Crippen molar-refractivity contribution < 1.29 is 61.1 Å². The van der Waals surface area contributed by atoms with Crippen LogP contribution in [0.4, 0.5) is 22.7 Å². The molecule has 21 heteroatoms. The highest BCUT2D eigenvalue weighted by atomic mass is 31.2. The first-order chi connectivity index (χ1) is 37.6. The number of unbranched alkanes of at least 4 members (excludes halogenated alkanes) is 16. The molecule has 1 aromatic heterocycles. The minimum absolute atomic E-state index is 0.0361. The highest BCUT2D eigenvalue weighted by Crippen LogP contribution is 2.45. The first-order valence-corrected chi connectivity index (χ1v) is 29.8. The van der Waals surface area contributed by atoms with Crippen molar-refractivity contribution >= 4 is 53.4 Å². The number of phosphoric ester groups is 1. The second-order valence-electron chi connectivity index (χ2n) is 21.2. The van der Waals surface area contributed by atoms with Crippen LogP contribution in [0.25, 0.3) is 11.0 Å². The molecular formula is C57H85N7O13P+. The zero-order valence-electron chi connectivity index (χ0n) is 46.7. The lowest BCUT2D eigenvalue weighted by molar-refractivity contribution is -0.870. The predicted molar refractivity (Wildman–Crippen MR) is 301 cm³/mol. The third-order valence-electron chi connectivity index (χ3n) is 14.0. The van der Waals surface area contributed by atoms with E-state index in [2.05, 4.69) is 45.8 Å². The summed E-state index contributed by atoms with van der Waals surface area (Å²) in [6, 6.07) is 14.6. The number of likely N-dealkylation sites (N-methyl/N-ethyl adjacent to an activating group) is 1. The van der Waals surface area contributed by atoms with Gasteiger partial charge in [-0.1, -0.05) is 89.9 Å². The molecule has 78 heavy (non-hydrogen) atoms. The fraction of sp³-hybridized carbons (Fsp3) is 0.614. The molecule has 0 amide bonds. The molecule has 3 N–H and O–H groups in total. The van der Waals surface area contributed by atoms with Crippen molar-refractivity contribution in [3.63, 3.8) is 0 Å². The van der Waals surface area contributed by atoms with Gasteiger partial charge in [0.05, 0.1) is 57.3 Å². The van der Waals surface area contributed by atoms with Gasteiger partial charge in [-0.15, -0.1) is 0 Å². The molecule has 3 unspecified atom stereocenters. The van der Waals surface area contributed by atoms with Crippen LogP contribution in [0.1, 0.15) is 158 Å². The number of nitrogens with zero attached hydrogens (tertiary/aromatic N) is 5. The topological polar surface area (TPSA) is 236 Å². The van der Waals surface area contributed by atoms with Crippen molar-refractivity contribution in [3.05, 3.63) is 81.6 Å². The van der Waals surface area contributed by atoms with Gasteiger partial charge in [-0.3, -0.25) is 28.8 Å². The Balaban J connectivity index is 0.782. The number of carbonyl (C=O) groups excluding carboxylic acids is 2. The first kappa shape index (κ1) is 61.6. The number of esters is 1. The molecule has 0 radical (unpaired) electrons. The van der Waals surface area contributed by atoms with Crippen molar-refractivity contribution in [2.45, 2.75) is 148 Å². The average Bonchev–Trinajstić information content (AvgIpc) is 4.04. The number of hydrogen-bond acceptors (Lipinski definition) is 17. The number of benzene rings is 3. The summed E-state index contributed by atoms with van der Waals surface area (Å²) in [6.07, 6.45) is 19.5. The summed E-state index contributed by atoms with van der Waals surface area (Å²) in [7, 11) is 1.49. The number of ketones is 1. The molecular weight excluding hydrogens is 1020 g/mol. The van der Waals surface area contributed by atoms with Crippen molar-refractivity contribution in [3.8, 4) is 11.5 Å². The molecule has 4 aromatic rings. The smallest absolute Gasteiger partial charge is 0.472 e. The molecule has 0 fully saturated rings. The minimum Gasteiger partial charge on any atom is -0.494 e. The van der Waals surface area contributed by atoms with Crippen molar-refractivity contribution in [1.29, 1.82) is 0 Å². The lowest BCUT2D eigenvalue weighted by Crippen LogP contribution is -2.37. The summed E-state index contributed by atoms with van der Waals surface area (Å²) in [5, 5.41) is 25.6. The summed E-state index contributed by atoms with van der Waals surface area (Å²) >= 11 is 0. The molecule has 2 heterocycles. The zero-order valence-corrected chi connectivity index (χ0v) is 47.6. The number of aromatic nitrogens is 2. The van der Waals surface area contributed by atoms with Crippen LogP contribution >= 0.6 is 7.82 Å². The van der Waals surface area contributed by atoms with Gasteiger partial charge in [0.25, 0.3) is 0 Å². The Kier molecular flexibility index (Phi) is 25.1. The van der Waals surface area contributed by atoms with Gasteiger partial charge < -0.3 is 43.9 Å². The lowest BCUT2D eigenvalue weighted by atomic mass is 9.89. The van der Waals surface area contributed by atoms with E-state index in [1.165, 1.54) is 25.3 Å². The van der Waals surface area contributed by atoms with Crippen LogP contribution in [0.5, 0.6) is 11.5 Å². The molecule has 20 nitrogen and oxygen atoms in total. The lowest BCUT2D eigenvalue weighted by Gasteiger charge is -2.34. The number of allylic oxidation sites excluding steroid dienone is 1. The van der Waals surface area contributed by atoms with E-state index in [1.807, 2.05) is 51.5 Å². The first-order valence-electron chi connectivity index (χ1n) is 28.3. The highest BCUT2D eigenvalue weighted by Gasteiger charge is 2.34. The van der Waals surface area contributed by atoms with E-state index < -0.39 is 24.8 Å². The maximum atomic E-state index is 13.1. The third kappa shape index (κ3) is 20.2. The number of hydrogen-bond donors (Lipinski definition) is 3. The van der Waals surface area contributed by atoms with E-state index >= 15 is 0 Å². The van der Waals surface area contributed by atoms with Gasteiger partial charge in [-0.2, -0.15) is 0 Å². The van der Waals surface area contributed by atoms with E-state index in [4.69, 9.17) is 32.6 Å². The van der Waals surface area contributed by atoms with Gasteiger partial charge in [0.1, 0.15) is 36.8 Å². The average molecular weight is 1110 g/mol. The molecule has 0 spiro atoms. The van der Waals surface area contributed by atoms with Crippen LogP contribution in [0.3, 0.4) is 0 Å². The number of anilines is 3. The molecule has 0 saturated heterocycles. The number of nitro groups is 1. The van der Waals surface area contributed by atoms with Crippen molar-refractivity contribution in [1.82, 2.24) is 10.3 Å². The molecule has 2 aliphatic rings. The molecule has 430 valence electrons. The summed E-state index contributed by atoms with van der Waals surface area (Å²) in [4.78, 5) is 49.3. The fourth-order valence-corrected chi connectivity index (χ4v) is 10.3. The standard InChI is InChI=1S/C57H84N7O13P/c1-6-62(7-2)43-27-30-48-52(38-43)76-53-40-51(65)46-29-28-44(39-47(46)55(53)59-48)72-36-25-21-17-13-9-8-12-16-20-24-35-71-41-45(42-74-78(69,70)73-37-34-64(3,4)5)75-54(66)26-22-18-14-10-11-15-19-23-33-58-49-31-32-50(63(67)68)57-56(49)60-77-61-57/h27-32,38-40,45,55,59H,6-26,33-37,41-42H2,1-5H3,(H-,58,61,69,70)/p+1. The number of carbonyl (C=O) groups is 2. The van der Waals surface area contributed by atoms with Gasteiger partial charge in [-0.25, -0.2) is 9.19 Å². The minimum atomic E-state index is -4.36.